The zero-order valence-electron chi connectivity index (χ0n) is 16.4. The van der Waals surface area contributed by atoms with Gasteiger partial charge in [-0.3, -0.25) is 9.59 Å². The lowest BCUT2D eigenvalue weighted by Crippen LogP contribution is -2.45. The van der Waals surface area contributed by atoms with Crippen LogP contribution >= 0.6 is 11.3 Å². The fourth-order valence-corrected chi connectivity index (χ4v) is 3.63. The second kappa shape index (κ2) is 9.52. The van der Waals surface area contributed by atoms with Gasteiger partial charge in [-0.15, -0.1) is 11.3 Å². The molecule has 2 amide bonds. The largest absolute Gasteiger partial charge is 0.459 e. The highest BCUT2D eigenvalue weighted by Gasteiger charge is 2.26. The Hall–Kier alpha value is -2.93. The van der Waals surface area contributed by atoms with Crippen LogP contribution in [0.5, 0.6) is 0 Å². The van der Waals surface area contributed by atoms with E-state index < -0.39 is 0 Å². The molecular formula is C22H23FN2O3S. The van der Waals surface area contributed by atoms with E-state index in [1.807, 2.05) is 31.4 Å². The van der Waals surface area contributed by atoms with Gasteiger partial charge in [0, 0.05) is 17.5 Å². The lowest BCUT2D eigenvalue weighted by Gasteiger charge is -2.29. The molecule has 0 saturated heterocycles. The summed E-state index contributed by atoms with van der Waals surface area (Å²) in [5, 5.41) is 1.96. The predicted molar refractivity (Wildman–Crippen MR) is 110 cm³/mol. The first kappa shape index (κ1) is 20.8. The molecule has 0 aliphatic heterocycles. The van der Waals surface area contributed by atoms with Crippen LogP contribution in [0.1, 0.15) is 34.8 Å². The van der Waals surface area contributed by atoms with E-state index in [-0.39, 0.29) is 36.0 Å². The number of hydrogen-bond donors (Lipinski definition) is 0. The van der Waals surface area contributed by atoms with Gasteiger partial charge in [0.25, 0.3) is 5.91 Å². The average Bonchev–Trinajstić information content (AvgIpc) is 3.40. The number of carbonyl (C=O) groups is 2. The van der Waals surface area contributed by atoms with Crippen molar-refractivity contribution in [1.29, 1.82) is 0 Å². The van der Waals surface area contributed by atoms with Crippen LogP contribution in [0.15, 0.2) is 64.6 Å². The SMILES string of the molecule is CC(C)N(CC(=O)N(Cc1ccc(F)cc1)Cc1cccs1)C(=O)c1ccco1. The molecule has 1 aromatic carbocycles. The standard InChI is InChI=1S/C22H23FN2O3S/c1-16(2)25(22(27)20-6-3-11-28-20)15-21(26)24(14-19-5-4-12-29-19)13-17-7-9-18(23)10-8-17/h3-12,16H,13-15H2,1-2H3. The Bertz CT molecular complexity index is 922. The molecule has 0 fully saturated rings. The maximum absolute atomic E-state index is 13.2. The molecule has 0 bridgehead atoms. The van der Waals surface area contributed by atoms with Crippen molar-refractivity contribution in [2.24, 2.45) is 0 Å². The summed E-state index contributed by atoms with van der Waals surface area (Å²) in [7, 11) is 0. The summed E-state index contributed by atoms with van der Waals surface area (Å²) in [5.41, 5.74) is 0.824. The van der Waals surface area contributed by atoms with E-state index in [4.69, 9.17) is 4.42 Å². The third kappa shape index (κ3) is 5.54. The molecule has 2 heterocycles. The van der Waals surface area contributed by atoms with Crippen molar-refractivity contribution in [3.8, 4) is 0 Å². The smallest absolute Gasteiger partial charge is 0.290 e. The van der Waals surface area contributed by atoms with Crippen molar-refractivity contribution >= 4 is 23.2 Å². The molecular weight excluding hydrogens is 391 g/mol. The summed E-state index contributed by atoms with van der Waals surface area (Å²) in [6.45, 7) is 4.41. The summed E-state index contributed by atoms with van der Waals surface area (Å²) in [5.74, 6) is -0.623. The lowest BCUT2D eigenvalue weighted by atomic mass is 10.2. The Labute approximate surface area is 173 Å². The van der Waals surface area contributed by atoms with E-state index in [2.05, 4.69) is 0 Å². The first-order valence-corrected chi connectivity index (χ1v) is 10.2. The fraction of sp³-hybridized carbons (Fsp3) is 0.273. The van der Waals surface area contributed by atoms with Crippen molar-refractivity contribution in [3.63, 3.8) is 0 Å². The summed E-state index contributed by atoms with van der Waals surface area (Å²) >= 11 is 1.56. The van der Waals surface area contributed by atoms with E-state index in [0.717, 1.165) is 10.4 Å². The predicted octanol–water partition coefficient (Wildman–Crippen LogP) is 4.56. The van der Waals surface area contributed by atoms with Crippen LogP contribution < -0.4 is 0 Å². The molecule has 7 heteroatoms. The Balaban J connectivity index is 1.78. The van der Waals surface area contributed by atoms with Gasteiger partial charge in [0.05, 0.1) is 12.8 Å². The van der Waals surface area contributed by atoms with Gasteiger partial charge in [-0.1, -0.05) is 18.2 Å². The van der Waals surface area contributed by atoms with E-state index >= 15 is 0 Å². The van der Waals surface area contributed by atoms with Crippen molar-refractivity contribution in [3.05, 3.63) is 82.2 Å². The molecule has 0 atom stereocenters. The van der Waals surface area contributed by atoms with Crippen molar-refractivity contribution in [2.75, 3.05) is 6.54 Å². The van der Waals surface area contributed by atoms with Gasteiger partial charge in [-0.2, -0.15) is 0 Å². The van der Waals surface area contributed by atoms with Gasteiger partial charge < -0.3 is 14.2 Å². The molecule has 2 aromatic heterocycles. The fourth-order valence-electron chi connectivity index (χ4n) is 2.91. The third-order valence-electron chi connectivity index (χ3n) is 4.49. The second-order valence-corrected chi connectivity index (χ2v) is 7.99. The number of benzene rings is 1. The minimum Gasteiger partial charge on any atom is -0.459 e. The van der Waals surface area contributed by atoms with Gasteiger partial charge in [0.2, 0.25) is 5.91 Å². The molecule has 5 nitrogen and oxygen atoms in total. The van der Waals surface area contributed by atoms with Crippen LogP contribution in [-0.4, -0.2) is 34.2 Å². The highest BCUT2D eigenvalue weighted by molar-refractivity contribution is 7.09. The number of amides is 2. The molecule has 29 heavy (non-hydrogen) atoms. The van der Waals surface area contributed by atoms with Crippen molar-refractivity contribution in [1.82, 2.24) is 9.80 Å². The number of halogens is 1. The maximum atomic E-state index is 13.2. The number of carbonyl (C=O) groups excluding carboxylic acids is 2. The molecule has 3 rings (SSSR count). The molecule has 152 valence electrons. The van der Waals surface area contributed by atoms with Crippen molar-refractivity contribution < 1.29 is 18.4 Å². The monoisotopic (exact) mass is 414 g/mol. The number of thiophene rings is 1. The van der Waals surface area contributed by atoms with Gasteiger partial charge >= 0.3 is 0 Å². The van der Waals surface area contributed by atoms with Crippen LogP contribution in [-0.2, 0) is 17.9 Å². The molecule has 0 saturated carbocycles. The van der Waals surface area contributed by atoms with E-state index in [1.54, 1.807) is 40.5 Å². The van der Waals surface area contributed by atoms with Gasteiger partial charge in [-0.25, -0.2) is 4.39 Å². The molecule has 3 aromatic rings. The Kier molecular flexibility index (Phi) is 6.82. The number of nitrogens with zero attached hydrogens (tertiary/aromatic N) is 2. The van der Waals surface area contributed by atoms with Gasteiger partial charge in [0.1, 0.15) is 12.4 Å². The summed E-state index contributed by atoms with van der Waals surface area (Å²) < 4.78 is 18.5. The van der Waals surface area contributed by atoms with E-state index in [0.29, 0.717) is 13.1 Å². The normalized spacial score (nSPS) is 10.9. The zero-order valence-corrected chi connectivity index (χ0v) is 17.2. The first-order chi connectivity index (χ1) is 13.9. The highest BCUT2D eigenvalue weighted by atomic mass is 32.1. The summed E-state index contributed by atoms with van der Waals surface area (Å²) in [6, 6.07) is 13.0. The summed E-state index contributed by atoms with van der Waals surface area (Å²) in [4.78, 5) is 30.1. The molecule has 0 aliphatic rings. The van der Waals surface area contributed by atoms with Crippen molar-refractivity contribution in [2.45, 2.75) is 33.0 Å². The van der Waals surface area contributed by atoms with Crippen LogP contribution in [0.3, 0.4) is 0 Å². The minimum absolute atomic E-state index is 0.0657. The van der Waals surface area contributed by atoms with Crippen LogP contribution in [0.2, 0.25) is 0 Å². The third-order valence-corrected chi connectivity index (χ3v) is 5.35. The van der Waals surface area contributed by atoms with Crippen LogP contribution in [0, 0.1) is 5.82 Å². The van der Waals surface area contributed by atoms with E-state index in [9.17, 15) is 14.0 Å². The van der Waals surface area contributed by atoms with Gasteiger partial charge in [-0.05, 0) is 55.1 Å². The van der Waals surface area contributed by atoms with E-state index in [1.165, 1.54) is 23.3 Å². The minimum atomic E-state index is -0.323. The average molecular weight is 415 g/mol. The maximum Gasteiger partial charge on any atom is 0.290 e. The molecule has 0 N–H and O–H groups in total. The molecule has 0 spiro atoms. The number of hydrogen-bond acceptors (Lipinski definition) is 4. The van der Waals surface area contributed by atoms with Gasteiger partial charge in [0.15, 0.2) is 5.76 Å². The topological polar surface area (TPSA) is 53.8 Å². The zero-order chi connectivity index (χ0) is 20.8. The van der Waals surface area contributed by atoms with Crippen LogP contribution in [0.25, 0.3) is 0 Å². The molecule has 0 unspecified atom stereocenters. The Morgan fingerprint density at radius 1 is 1.07 bits per heavy atom. The summed E-state index contributed by atoms with van der Waals surface area (Å²) in [6.07, 6.45) is 1.44. The lowest BCUT2D eigenvalue weighted by molar-refractivity contribution is -0.133. The number of furan rings is 1. The quantitative estimate of drug-likeness (QED) is 0.543. The first-order valence-electron chi connectivity index (χ1n) is 9.33. The number of rotatable bonds is 8. The Morgan fingerprint density at radius 2 is 1.83 bits per heavy atom. The molecule has 0 aliphatic carbocycles. The highest BCUT2D eigenvalue weighted by Crippen LogP contribution is 2.17. The van der Waals surface area contributed by atoms with Crippen LogP contribution in [0.4, 0.5) is 4.39 Å². The Morgan fingerprint density at radius 3 is 2.41 bits per heavy atom. The second-order valence-electron chi connectivity index (χ2n) is 6.96. The molecule has 0 radical (unpaired) electrons.